The highest BCUT2D eigenvalue weighted by Crippen LogP contribution is 2.40. The summed E-state index contributed by atoms with van der Waals surface area (Å²) < 4.78 is 11.2. The zero-order valence-electron chi connectivity index (χ0n) is 11.6. The molecule has 1 aliphatic rings. The van der Waals surface area contributed by atoms with E-state index in [0.717, 1.165) is 41.3 Å². The molecule has 1 aliphatic heterocycles. The fourth-order valence-electron chi connectivity index (χ4n) is 2.33. The number of allylic oxidation sites excluding steroid dienone is 2. The molecule has 2 nitrogen and oxygen atoms in total. The molecule has 2 rings (SSSR count). The molecule has 1 aromatic rings. The minimum atomic E-state index is 0.436. The second-order valence-electron chi connectivity index (χ2n) is 4.74. The van der Waals surface area contributed by atoms with E-state index in [0.29, 0.717) is 19.1 Å². The summed E-state index contributed by atoms with van der Waals surface area (Å²) >= 11 is 6.39. The lowest BCUT2D eigenvalue weighted by Gasteiger charge is -2.22. The molecule has 0 amide bonds. The molecule has 0 aromatic heterocycles. The summed E-state index contributed by atoms with van der Waals surface area (Å²) in [5.41, 5.74) is 1.16. The van der Waals surface area contributed by atoms with E-state index in [-0.39, 0.29) is 0 Å². The molecule has 0 spiro atoms. The Bertz CT molecular complexity index is 454. The van der Waals surface area contributed by atoms with Crippen LogP contribution in [0.25, 0.3) is 0 Å². The Morgan fingerprint density at radius 2 is 1.84 bits per heavy atom. The van der Waals surface area contributed by atoms with Gasteiger partial charge in [-0.3, -0.25) is 0 Å². The molecule has 1 aromatic carbocycles. The van der Waals surface area contributed by atoms with Gasteiger partial charge >= 0.3 is 0 Å². The fourth-order valence-corrected chi connectivity index (χ4v) is 2.64. The highest BCUT2D eigenvalue weighted by atomic mass is 35.5. The molecule has 0 fully saturated rings. The van der Waals surface area contributed by atoms with Crippen LogP contribution < -0.4 is 9.47 Å². The van der Waals surface area contributed by atoms with E-state index in [9.17, 15) is 0 Å². The number of fused-ring (bicyclic) bond motifs is 1. The molecule has 0 N–H and O–H groups in total. The van der Waals surface area contributed by atoms with E-state index in [1.165, 1.54) is 0 Å². The molecule has 0 radical (unpaired) electrons. The molecule has 19 heavy (non-hydrogen) atoms. The van der Waals surface area contributed by atoms with Crippen LogP contribution in [0.5, 0.6) is 11.5 Å². The lowest BCUT2D eigenvalue weighted by molar-refractivity contribution is 0.171. The third-order valence-corrected chi connectivity index (χ3v) is 3.74. The number of hydrogen-bond acceptors (Lipinski definition) is 2. The number of rotatable bonds is 5. The van der Waals surface area contributed by atoms with Crippen molar-refractivity contribution in [2.45, 2.75) is 39.0 Å². The third kappa shape index (κ3) is 3.44. The molecule has 104 valence electrons. The summed E-state index contributed by atoms with van der Waals surface area (Å²) in [5.74, 6) is 2.02. The van der Waals surface area contributed by atoms with Gasteiger partial charge in [0, 0.05) is 11.1 Å². The van der Waals surface area contributed by atoms with Crippen LogP contribution in [0.15, 0.2) is 24.3 Å². The summed E-state index contributed by atoms with van der Waals surface area (Å²) in [6, 6.07) is 3.93. The van der Waals surface area contributed by atoms with Gasteiger partial charge in [0.25, 0.3) is 0 Å². The van der Waals surface area contributed by atoms with Gasteiger partial charge in [-0.15, -0.1) is 0 Å². The number of halogens is 1. The number of hydrogen-bond donors (Lipinski definition) is 0. The topological polar surface area (TPSA) is 18.5 Å². The zero-order valence-corrected chi connectivity index (χ0v) is 12.4. The Morgan fingerprint density at radius 3 is 2.47 bits per heavy atom. The zero-order chi connectivity index (χ0) is 13.7. The molecule has 0 bridgehead atoms. The Kier molecular flexibility index (Phi) is 5.15. The van der Waals surface area contributed by atoms with Crippen LogP contribution in [0.4, 0.5) is 0 Å². The maximum atomic E-state index is 6.39. The molecule has 1 heterocycles. The molecule has 1 atom stereocenters. The number of ether oxygens (including phenoxy) is 2. The SMILES string of the molecule is CC/C=C\CC(CC)c1cc2c(cc1Cl)OCCO2. The van der Waals surface area contributed by atoms with Crippen LogP contribution in [0.2, 0.25) is 5.02 Å². The molecule has 0 saturated carbocycles. The Hall–Kier alpha value is -1.15. The summed E-state index contributed by atoms with van der Waals surface area (Å²) in [7, 11) is 0. The van der Waals surface area contributed by atoms with Crippen molar-refractivity contribution in [1.82, 2.24) is 0 Å². The van der Waals surface area contributed by atoms with Gasteiger partial charge in [0.1, 0.15) is 13.2 Å². The third-order valence-electron chi connectivity index (χ3n) is 3.42. The van der Waals surface area contributed by atoms with Crippen LogP contribution >= 0.6 is 11.6 Å². The van der Waals surface area contributed by atoms with E-state index in [4.69, 9.17) is 21.1 Å². The average Bonchev–Trinajstić information content (AvgIpc) is 2.43. The lowest BCUT2D eigenvalue weighted by Crippen LogP contribution is -2.15. The van der Waals surface area contributed by atoms with Gasteiger partial charge in [0.05, 0.1) is 0 Å². The van der Waals surface area contributed by atoms with E-state index in [1.54, 1.807) is 0 Å². The van der Waals surface area contributed by atoms with Gasteiger partial charge in [-0.1, -0.05) is 37.6 Å². The van der Waals surface area contributed by atoms with E-state index in [2.05, 4.69) is 26.0 Å². The molecular weight excluding hydrogens is 260 g/mol. The smallest absolute Gasteiger partial charge is 0.162 e. The van der Waals surface area contributed by atoms with Crippen molar-refractivity contribution in [3.63, 3.8) is 0 Å². The van der Waals surface area contributed by atoms with Gasteiger partial charge in [0.15, 0.2) is 11.5 Å². The monoisotopic (exact) mass is 280 g/mol. The van der Waals surface area contributed by atoms with Gasteiger partial charge < -0.3 is 9.47 Å². The van der Waals surface area contributed by atoms with Crippen molar-refractivity contribution in [2.24, 2.45) is 0 Å². The molecular formula is C16H21ClO2. The highest BCUT2D eigenvalue weighted by Gasteiger charge is 2.19. The van der Waals surface area contributed by atoms with Crippen LogP contribution in [0.3, 0.4) is 0 Å². The van der Waals surface area contributed by atoms with E-state index in [1.807, 2.05) is 12.1 Å². The normalized spacial score (nSPS) is 15.7. The van der Waals surface area contributed by atoms with Crippen molar-refractivity contribution in [2.75, 3.05) is 13.2 Å². The van der Waals surface area contributed by atoms with E-state index >= 15 is 0 Å². The summed E-state index contributed by atoms with van der Waals surface area (Å²) in [5, 5.41) is 0.779. The predicted molar refractivity (Wildman–Crippen MR) is 79.5 cm³/mol. The van der Waals surface area contributed by atoms with Crippen LogP contribution in [0.1, 0.15) is 44.6 Å². The Morgan fingerprint density at radius 1 is 1.16 bits per heavy atom. The van der Waals surface area contributed by atoms with Gasteiger partial charge in [-0.25, -0.2) is 0 Å². The van der Waals surface area contributed by atoms with E-state index < -0.39 is 0 Å². The first-order valence-electron chi connectivity index (χ1n) is 7.00. The largest absolute Gasteiger partial charge is 0.486 e. The van der Waals surface area contributed by atoms with Crippen molar-refractivity contribution in [3.05, 3.63) is 34.9 Å². The van der Waals surface area contributed by atoms with Crippen molar-refractivity contribution < 1.29 is 9.47 Å². The average molecular weight is 281 g/mol. The maximum absolute atomic E-state index is 6.39. The lowest BCUT2D eigenvalue weighted by atomic mass is 9.92. The predicted octanol–water partition coefficient (Wildman–Crippen LogP) is 4.96. The first-order valence-corrected chi connectivity index (χ1v) is 7.38. The van der Waals surface area contributed by atoms with Crippen molar-refractivity contribution in [3.8, 4) is 11.5 Å². The minimum absolute atomic E-state index is 0.436. The van der Waals surface area contributed by atoms with Crippen LogP contribution in [-0.4, -0.2) is 13.2 Å². The molecule has 3 heteroatoms. The second-order valence-corrected chi connectivity index (χ2v) is 5.15. The first kappa shape index (κ1) is 14.3. The van der Waals surface area contributed by atoms with Crippen LogP contribution in [-0.2, 0) is 0 Å². The van der Waals surface area contributed by atoms with Gasteiger partial charge in [-0.05, 0) is 36.8 Å². The quantitative estimate of drug-likeness (QED) is 0.710. The molecule has 0 aliphatic carbocycles. The highest BCUT2D eigenvalue weighted by molar-refractivity contribution is 6.31. The summed E-state index contributed by atoms with van der Waals surface area (Å²) in [6.07, 6.45) is 7.60. The van der Waals surface area contributed by atoms with Gasteiger partial charge in [0.2, 0.25) is 0 Å². The maximum Gasteiger partial charge on any atom is 0.162 e. The fraction of sp³-hybridized carbons (Fsp3) is 0.500. The summed E-state index contributed by atoms with van der Waals surface area (Å²) in [6.45, 7) is 5.55. The first-order chi connectivity index (χ1) is 9.26. The Balaban J connectivity index is 2.24. The minimum Gasteiger partial charge on any atom is -0.486 e. The van der Waals surface area contributed by atoms with Crippen molar-refractivity contribution in [1.29, 1.82) is 0 Å². The standard InChI is InChI=1S/C16H21ClO2/c1-3-5-6-7-12(4-2)13-10-15-16(11-14(13)17)19-9-8-18-15/h5-6,10-12H,3-4,7-9H2,1-2H3/b6-5-. The molecule has 1 unspecified atom stereocenters. The Labute approximate surface area is 120 Å². The molecule has 0 saturated heterocycles. The van der Waals surface area contributed by atoms with Crippen LogP contribution in [0, 0.1) is 0 Å². The summed E-state index contributed by atoms with van der Waals surface area (Å²) in [4.78, 5) is 0. The number of benzene rings is 1. The van der Waals surface area contributed by atoms with Gasteiger partial charge in [-0.2, -0.15) is 0 Å². The second kappa shape index (κ2) is 6.85. The van der Waals surface area contributed by atoms with Crippen molar-refractivity contribution >= 4 is 11.6 Å².